The first-order chi connectivity index (χ1) is 37.3. The highest BCUT2D eigenvalue weighted by atomic mass is 16.5. The van der Waals surface area contributed by atoms with Crippen molar-refractivity contribution in [2.24, 2.45) is 0 Å². The Balaban J connectivity index is 0.000000229. The van der Waals surface area contributed by atoms with E-state index in [1.165, 1.54) is 39.1 Å². The van der Waals surface area contributed by atoms with E-state index in [4.69, 9.17) is 5.21 Å². The summed E-state index contributed by atoms with van der Waals surface area (Å²) in [4.78, 5) is 27.8. The lowest BCUT2D eigenvalue weighted by Crippen LogP contribution is -2.35. The number of amides is 2. The SMILES string of the molecule is CCNC(=O)c1ccc(C#CC(O)c2cc(NCc3ccc(N(C)C)cc3)c3c(c2)C(C)(C)CCC3(C)C)cc1.CN(C)c1ccc(CNc2cc(C(O)C#Cc3ccc(C(=O)NO)cc3)cc3c2C(C)(C)CCC3(C)C)cc1. The minimum atomic E-state index is -0.975. The molecule has 2 amide bonds. The lowest BCUT2D eigenvalue weighted by atomic mass is 9.62. The van der Waals surface area contributed by atoms with Gasteiger partial charge in [-0.1, -0.05) is 115 Å². The number of nitrogens with one attached hydrogen (secondary N) is 4. The summed E-state index contributed by atoms with van der Waals surface area (Å²) in [7, 11) is 8.16. The Kier molecular flexibility index (Phi) is 18.4. The molecule has 7 N–H and O–H groups in total. The third kappa shape index (κ3) is 14.4. The van der Waals surface area contributed by atoms with E-state index in [0.717, 1.165) is 59.4 Å². The number of rotatable bonds is 13. The zero-order chi connectivity index (χ0) is 57.5. The molecular formula is C68H82N6O5. The number of nitrogens with zero attached hydrogens (tertiary/aromatic N) is 2. The van der Waals surface area contributed by atoms with Gasteiger partial charge in [-0.15, -0.1) is 0 Å². The number of benzene rings is 6. The normalized spacial score (nSPS) is 15.7. The maximum atomic E-state index is 12.0. The monoisotopic (exact) mass is 1060 g/mol. The van der Waals surface area contributed by atoms with Gasteiger partial charge in [0.05, 0.1) is 0 Å². The summed E-state index contributed by atoms with van der Waals surface area (Å²) in [5.41, 5.74) is 17.5. The van der Waals surface area contributed by atoms with Gasteiger partial charge in [0.1, 0.15) is 12.2 Å². The second-order valence-electron chi connectivity index (χ2n) is 24.1. The Morgan fingerprint density at radius 2 is 0.873 bits per heavy atom. The van der Waals surface area contributed by atoms with Crippen LogP contribution < -0.4 is 31.2 Å². The number of carbonyl (C=O) groups excluding carboxylic acids is 2. The molecule has 8 rings (SSSR count). The number of hydroxylamine groups is 1. The van der Waals surface area contributed by atoms with Gasteiger partial charge in [-0.2, -0.15) is 0 Å². The average Bonchev–Trinajstić information content (AvgIpc) is 3.49. The fourth-order valence-corrected chi connectivity index (χ4v) is 10.6. The minimum absolute atomic E-state index is 0.000263. The Labute approximate surface area is 470 Å². The summed E-state index contributed by atoms with van der Waals surface area (Å²) in [6.45, 7) is 22.2. The van der Waals surface area contributed by atoms with Gasteiger partial charge >= 0.3 is 0 Å². The zero-order valence-corrected chi connectivity index (χ0v) is 48.7. The summed E-state index contributed by atoms with van der Waals surface area (Å²) in [6, 6.07) is 39.2. The summed E-state index contributed by atoms with van der Waals surface area (Å²) in [5, 5.41) is 41.4. The van der Waals surface area contributed by atoms with Crippen molar-refractivity contribution < 1.29 is 25.0 Å². The molecule has 2 unspecified atom stereocenters. The summed E-state index contributed by atoms with van der Waals surface area (Å²) >= 11 is 0. The van der Waals surface area contributed by atoms with Gasteiger partial charge in [-0.25, -0.2) is 5.48 Å². The van der Waals surface area contributed by atoms with Crippen LogP contribution in [0.1, 0.15) is 177 Å². The van der Waals surface area contributed by atoms with E-state index >= 15 is 0 Å². The number of aliphatic hydroxyl groups is 2. The molecule has 0 heterocycles. The first-order valence-electron chi connectivity index (χ1n) is 27.5. The van der Waals surface area contributed by atoms with Crippen LogP contribution >= 0.6 is 0 Å². The number of fused-ring (bicyclic) bond motifs is 2. The standard InChI is InChI=1S/C35H43N3O2.C33H39N3O3/c1-8-36-33(40)26-14-9-24(10-15-26)13-18-31(39)27-21-29-32(35(4,5)20-19-34(29,2)3)30(22-27)37-23-25-11-16-28(17-12-25)38(6)7;1-32(2)17-18-33(3,4)30-27(32)19-25(20-28(30)34-21-23-9-14-26(15-10-23)36(5)6)29(37)16-11-22-7-12-24(13-8-22)31(38)35-39/h9-12,14-17,21-22,31,37,39H,8,19-20,23H2,1-7H3,(H,36,40);7-10,12-15,19-20,29,34,37,39H,17-18,21H2,1-6H3,(H,35,38). The van der Waals surface area contributed by atoms with Gasteiger partial charge in [0, 0.05) is 92.8 Å². The van der Waals surface area contributed by atoms with Gasteiger partial charge in [0.25, 0.3) is 11.8 Å². The lowest BCUT2D eigenvalue weighted by molar-refractivity contribution is 0.0706. The van der Waals surface area contributed by atoms with Crippen molar-refractivity contribution in [1.29, 1.82) is 0 Å². The first kappa shape index (κ1) is 59.1. The van der Waals surface area contributed by atoms with Crippen molar-refractivity contribution in [2.45, 2.75) is 135 Å². The van der Waals surface area contributed by atoms with E-state index in [9.17, 15) is 19.8 Å². The topological polar surface area (TPSA) is 149 Å². The second kappa shape index (κ2) is 24.6. The van der Waals surface area contributed by atoms with Gasteiger partial charge in [-0.3, -0.25) is 14.8 Å². The highest BCUT2D eigenvalue weighted by molar-refractivity contribution is 5.94. The first-order valence-corrected chi connectivity index (χ1v) is 27.5. The summed E-state index contributed by atoms with van der Waals surface area (Å²) in [5.74, 6) is 11.4. The largest absolute Gasteiger partial charge is 0.381 e. The highest BCUT2D eigenvalue weighted by Crippen LogP contribution is 2.51. The van der Waals surface area contributed by atoms with Crippen molar-refractivity contribution in [1.82, 2.24) is 10.8 Å². The average molecular weight is 1060 g/mol. The molecule has 0 fully saturated rings. The maximum absolute atomic E-state index is 12.0. The smallest absolute Gasteiger partial charge is 0.274 e. The van der Waals surface area contributed by atoms with Crippen LogP contribution in [-0.2, 0) is 34.7 Å². The van der Waals surface area contributed by atoms with Crippen LogP contribution in [0.15, 0.2) is 121 Å². The molecule has 11 nitrogen and oxygen atoms in total. The molecule has 0 radical (unpaired) electrons. The molecule has 6 aromatic carbocycles. The molecule has 0 bridgehead atoms. The van der Waals surface area contributed by atoms with E-state index < -0.39 is 18.1 Å². The molecule has 79 heavy (non-hydrogen) atoms. The van der Waals surface area contributed by atoms with Crippen LogP contribution in [0.5, 0.6) is 0 Å². The molecule has 2 aliphatic carbocycles. The van der Waals surface area contributed by atoms with Gasteiger partial charge < -0.3 is 36.0 Å². The van der Waals surface area contributed by atoms with Crippen molar-refractivity contribution >= 4 is 34.6 Å². The minimum Gasteiger partial charge on any atom is -0.381 e. The van der Waals surface area contributed by atoms with Crippen molar-refractivity contribution in [2.75, 3.05) is 55.2 Å². The maximum Gasteiger partial charge on any atom is 0.274 e. The molecule has 0 aliphatic heterocycles. The Morgan fingerprint density at radius 1 is 0.519 bits per heavy atom. The third-order valence-corrected chi connectivity index (χ3v) is 15.8. The fraction of sp³-hybridized carbons (Fsp3) is 0.382. The van der Waals surface area contributed by atoms with E-state index in [-0.39, 0.29) is 27.6 Å². The molecule has 0 saturated heterocycles. The lowest BCUT2D eigenvalue weighted by Gasteiger charge is -2.43. The van der Waals surface area contributed by atoms with Crippen LogP contribution in [-0.4, -0.2) is 62.0 Å². The molecule has 2 atom stereocenters. The summed E-state index contributed by atoms with van der Waals surface area (Å²) < 4.78 is 0. The molecule has 11 heteroatoms. The van der Waals surface area contributed by atoms with Crippen molar-refractivity contribution in [3.05, 3.63) is 188 Å². The highest BCUT2D eigenvalue weighted by Gasteiger charge is 2.41. The number of carbonyl (C=O) groups is 2. The van der Waals surface area contributed by atoms with Crippen LogP contribution in [0.2, 0.25) is 0 Å². The van der Waals surface area contributed by atoms with Crippen LogP contribution in [0.4, 0.5) is 22.7 Å². The molecule has 0 aromatic heterocycles. The predicted octanol–water partition coefficient (Wildman–Crippen LogP) is 12.5. The molecule has 0 saturated carbocycles. The number of anilines is 4. The molecule has 2 aliphatic rings. The Bertz CT molecular complexity index is 3240. The fourth-order valence-electron chi connectivity index (χ4n) is 10.6. The molecular weight excluding hydrogens is 981 g/mol. The van der Waals surface area contributed by atoms with Gasteiger partial charge in [0.2, 0.25) is 0 Å². The van der Waals surface area contributed by atoms with Gasteiger partial charge in [-0.05, 0) is 184 Å². The van der Waals surface area contributed by atoms with Crippen LogP contribution in [0, 0.1) is 23.7 Å². The third-order valence-electron chi connectivity index (χ3n) is 15.8. The zero-order valence-electron chi connectivity index (χ0n) is 48.7. The number of hydrogen-bond acceptors (Lipinski definition) is 9. The second-order valence-corrected chi connectivity index (χ2v) is 24.1. The molecule has 0 spiro atoms. The van der Waals surface area contributed by atoms with E-state index in [1.54, 1.807) is 41.9 Å². The van der Waals surface area contributed by atoms with Crippen LogP contribution in [0.3, 0.4) is 0 Å². The predicted molar refractivity (Wildman–Crippen MR) is 323 cm³/mol. The van der Waals surface area contributed by atoms with E-state index in [1.807, 2.05) is 53.3 Å². The molecule has 414 valence electrons. The van der Waals surface area contributed by atoms with E-state index in [0.29, 0.717) is 36.3 Å². The van der Waals surface area contributed by atoms with Crippen molar-refractivity contribution in [3.63, 3.8) is 0 Å². The Morgan fingerprint density at radius 3 is 1.22 bits per heavy atom. The van der Waals surface area contributed by atoms with Crippen LogP contribution in [0.25, 0.3) is 0 Å². The quantitative estimate of drug-likeness (QED) is 0.0341. The molecule has 6 aromatic rings. The number of hydrogen-bond donors (Lipinski definition) is 7. The summed E-state index contributed by atoms with van der Waals surface area (Å²) in [6.07, 6.45) is 2.43. The van der Waals surface area contributed by atoms with E-state index in [2.05, 4.69) is 172 Å². The Hall–Kier alpha value is -7.54. The van der Waals surface area contributed by atoms with Crippen molar-refractivity contribution in [3.8, 4) is 23.7 Å². The number of aliphatic hydroxyl groups excluding tert-OH is 2. The van der Waals surface area contributed by atoms with Gasteiger partial charge in [0.15, 0.2) is 0 Å².